The number of aromatic nitrogens is 2. The van der Waals surface area contributed by atoms with Crippen molar-refractivity contribution in [2.45, 2.75) is 38.3 Å². The van der Waals surface area contributed by atoms with Gasteiger partial charge in [0.1, 0.15) is 11.8 Å². The van der Waals surface area contributed by atoms with Crippen LogP contribution < -0.4 is 15.8 Å². The lowest BCUT2D eigenvalue weighted by Gasteiger charge is -2.35. The molecule has 3 aromatic rings. The highest BCUT2D eigenvalue weighted by molar-refractivity contribution is 6.04. The van der Waals surface area contributed by atoms with E-state index in [0.29, 0.717) is 16.7 Å². The molecule has 3 unspecified atom stereocenters. The number of halogens is 2. The zero-order valence-corrected chi connectivity index (χ0v) is 18.7. The van der Waals surface area contributed by atoms with Crippen molar-refractivity contribution >= 4 is 17.6 Å². The lowest BCUT2D eigenvalue weighted by Crippen LogP contribution is -2.36. The average molecular weight is 466 g/mol. The Morgan fingerprint density at radius 2 is 1.79 bits per heavy atom. The number of rotatable bonds is 8. The Kier molecular flexibility index (Phi) is 6.28. The molecular formula is C25H24F2N4O3. The van der Waals surface area contributed by atoms with Crippen LogP contribution >= 0.6 is 0 Å². The number of alkyl halides is 2. The molecule has 34 heavy (non-hydrogen) atoms. The van der Waals surface area contributed by atoms with Crippen LogP contribution in [0.3, 0.4) is 0 Å². The third kappa shape index (κ3) is 4.09. The topological polar surface area (TPSA) is 107 Å². The van der Waals surface area contributed by atoms with E-state index >= 15 is 0 Å². The molecule has 0 fully saturated rings. The number of Topliss-reactive ketones (excluding diaryl/α,β-unsaturated/α-hetero) is 1. The van der Waals surface area contributed by atoms with Gasteiger partial charge in [0, 0.05) is 34.9 Å². The lowest BCUT2D eigenvalue weighted by atomic mass is 9.67. The molecule has 4 rings (SSSR count). The molecule has 0 radical (unpaired) electrons. The summed E-state index contributed by atoms with van der Waals surface area (Å²) in [7, 11) is 0. The number of carbonyl (C=O) groups excluding carboxylic acids is 2. The number of fused-ring (bicyclic) bond motifs is 1. The van der Waals surface area contributed by atoms with E-state index in [2.05, 4.69) is 15.3 Å². The van der Waals surface area contributed by atoms with Gasteiger partial charge >= 0.3 is 6.61 Å². The van der Waals surface area contributed by atoms with Crippen molar-refractivity contribution in [3.05, 3.63) is 83.2 Å². The number of anilines is 1. The maximum atomic E-state index is 13.3. The van der Waals surface area contributed by atoms with Crippen LogP contribution in [0.25, 0.3) is 0 Å². The fourth-order valence-corrected chi connectivity index (χ4v) is 4.59. The SMILES string of the molecule is CC(Nc1ncc(C2(Cc3ccccc3OC(F)F)c3ccccc3C(=O)C2C)cn1)C(N)=O. The molecule has 9 heteroatoms. The second kappa shape index (κ2) is 9.17. The second-order valence-corrected chi connectivity index (χ2v) is 8.33. The summed E-state index contributed by atoms with van der Waals surface area (Å²) in [6.45, 7) is 0.433. The summed E-state index contributed by atoms with van der Waals surface area (Å²) < 4.78 is 30.9. The Bertz CT molecular complexity index is 1220. The maximum absolute atomic E-state index is 13.3. The number of hydrogen-bond donors (Lipinski definition) is 2. The molecule has 7 nitrogen and oxygen atoms in total. The number of benzene rings is 2. The normalized spacial score (nSPS) is 20.1. The first-order valence-corrected chi connectivity index (χ1v) is 10.8. The van der Waals surface area contributed by atoms with Gasteiger partial charge < -0.3 is 15.8 Å². The maximum Gasteiger partial charge on any atom is 0.387 e. The molecule has 3 N–H and O–H groups in total. The summed E-state index contributed by atoms with van der Waals surface area (Å²) in [5.74, 6) is -0.861. The van der Waals surface area contributed by atoms with Gasteiger partial charge in [0.2, 0.25) is 11.9 Å². The minimum absolute atomic E-state index is 0.0487. The minimum atomic E-state index is -2.98. The van der Waals surface area contributed by atoms with Crippen LogP contribution in [-0.2, 0) is 16.6 Å². The molecule has 1 aliphatic carbocycles. The highest BCUT2D eigenvalue weighted by Gasteiger charge is 2.51. The second-order valence-electron chi connectivity index (χ2n) is 8.33. The summed E-state index contributed by atoms with van der Waals surface area (Å²) in [6.07, 6.45) is 3.39. The number of primary amides is 1. The van der Waals surface area contributed by atoms with Crippen LogP contribution in [-0.4, -0.2) is 34.3 Å². The zero-order chi connectivity index (χ0) is 24.5. The molecule has 3 atom stereocenters. The Morgan fingerprint density at radius 3 is 2.47 bits per heavy atom. The summed E-state index contributed by atoms with van der Waals surface area (Å²) in [5, 5.41) is 2.82. The van der Waals surface area contributed by atoms with Crippen LogP contribution in [0, 0.1) is 5.92 Å². The van der Waals surface area contributed by atoms with Gasteiger partial charge in [0.15, 0.2) is 5.78 Å². The van der Waals surface area contributed by atoms with Gasteiger partial charge in [-0.2, -0.15) is 8.78 Å². The number of carbonyl (C=O) groups is 2. The molecular weight excluding hydrogens is 442 g/mol. The predicted octanol–water partition coefficient (Wildman–Crippen LogP) is 3.72. The predicted molar refractivity (Wildman–Crippen MR) is 122 cm³/mol. The molecule has 176 valence electrons. The van der Waals surface area contributed by atoms with Gasteiger partial charge in [0.05, 0.1) is 0 Å². The molecule has 1 heterocycles. The van der Waals surface area contributed by atoms with E-state index in [4.69, 9.17) is 10.5 Å². The number of nitrogens with two attached hydrogens (primary N) is 1. The highest BCUT2D eigenvalue weighted by Crippen LogP contribution is 2.50. The van der Waals surface area contributed by atoms with E-state index in [-0.39, 0.29) is 23.9 Å². The fraction of sp³-hybridized carbons (Fsp3) is 0.280. The molecule has 0 saturated carbocycles. The minimum Gasteiger partial charge on any atom is -0.435 e. The highest BCUT2D eigenvalue weighted by atomic mass is 19.3. The van der Waals surface area contributed by atoms with Crippen molar-refractivity contribution in [2.75, 3.05) is 5.32 Å². The van der Waals surface area contributed by atoms with E-state index in [1.165, 1.54) is 6.07 Å². The number of ether oxygens (including phenoxy) is 1. The number of nitrogens with one attached hydrogen (secondary N) is 1. The van der Waals surface area contributed by atoms with Crippen molar-refractivity contribution < 1.29 is 23.1 Å². The van der Waals surface area contributed by atoms with Crippen molar-refractivity contribution in [1.82, 2.24) is 9.97 Å². The van der Waals surface area contributed by atoms with E-state index < -0.39 is 29.9 Å². The van der Waals surface area contributed by atoms with Crippen molar-refractivity contribution in [2.24, 2.45) is 11.7 Å². The third-order valence-corrected chi connectivity index (χ3v) is 6.40. The van der Waals surface area contributed by atoms with E-state index in [1.807, 2.05) is 19.1 Å². The summed E-state index contributed by atoms with van der Waals surface area (Å²) in [5.41, 5.74) is 6.90. The number of amides is 1. The molecule has 0 saturated heterocycles. The van der Waals surface area contributed by atoms with Gasteiger partial charge in [-0.1, -0.05) is 49.4 Å². The zero-order valence-electron chi connectivity index (χ0n) is 18.7. The molecule has 1 aliphatic rings. The molecule has 0 bridgehead atoms. The molecule has 1 aromatic heterocycles. The van der Waals surface area contributed by atoms with E-state index in [9.17, 15) is 18.4 Å². The van der Waals surface area contributed by atoms with Gasteiger partial charge in [-0.3, -0.25) is 9.59 Å². The van der Waals surface area contributed by atoms with E-state index in [1.54, 1.807) is 49.6 Å². The number of hydrogen-bond acceptors (Lipinski definition) is 6. The Labute approximate surface area is 195 Å². The Balaban J connectivity index is 1.84. The van der Waals surface area contributed by atoms with Gasteiger partial charge in [-0.05, 0) is 30.5 Å². The number of ketones is 1. The first kappa shape index (κ1) is 23.3. The molecule has 0 aliphatic heterocycles. The third-order valence-electron chi connectivity index (χ3n) is 6.40. The largest absolute Gasteiger partial charge is 0.435 e. The first-order chi connectivity index (χ1) is 16.2. The first-order valence-electron chi connectivity index (χ1n) is 10.8. The monoisotopic (exact) mass is 466 g/mol. The quantitative estimate of drug-likeness (QED) is 0.524. The number of para-hydroxylation sites is 1. The lowest BCUT2D eigenvalue weighted by molar-refractivity contribution is -0.118. The standard InChI is InChI=1S/C25H24F2N4O3/c1-14-21(32)18-8-4-5-9-19(18)25(14,11-16-7-3-6-10-20(16)34-23(26)27)17-12-29-24(30-13-17)31-15(2)22(28)33/h3-10,12-15,23H,11H2,1-2H3,(H2,28,33)(H,29,30,31). The summed E-state index contributed by atoms with van der Waals surface area (Å²) in [6, 6.07) is 13.1. The van der Waals surface area contributed by atoms with Crippen molar-refractivity contribution in [3.8, 4) is 5.75 Å². The van der Waals surface area contributed by atoms with Gasteiger partial charge in [0.25, 0.3) is 0 Å². The van der Waals surface area contributed by atoms with Gasteiger partial charge in [-0.25, -0.2) is 9.97 Å². The summed E-state index contributed by atoms with van der Waals surface area (Å²) >= 11 is 0. The molecule has 2 aromatic carbocycles. The Morgan fingerprint density at radius 1 is 1.15 bits per heavy atom. The van der Waals surface area contributed by atoms with Crippen LogP contribution in [0.5, 0.6) is 5.75 Å². The van der Waals surface area contributed by atoms with Crippen LogP contribution in [0.15, 0.2) is 60.9 Å². The van der Waals surface area contributed by atoms with Crippen LogP contribution in [0.1, 0.15) is 40.9 Å². The van der Waals surface area contributed by atoms with Crippen LogP contribution in [0.4, 0.5) is 14.7 Å². The van der Waals surface area contributed by atoms with E-state index in [0.717, 1.165) is 5.56 Å². The van der Waals surface area contributed by atoms with Gasteiger partial charge in [-0.15, -0.1) is 0 Å². The van der Waals surface area contributed by atoms with Crippen LogP contribution in [0.2, 0.25) is 0 Å². The number of nitrogens with zero attached hydrogens (tertiary/aromatic N) is 2. The van der Waals surface area contributed by atoms with Crippen molar-refractivity contribution in [1.29, 1.82) is 0 Å². The molecule has 0 spiro atoms. The Hall–Kier alpha value is -3.88. The average Bonchev–Trinajstić information content (AvgIpc) is 3.03. The smallest absolute Gasteiger partial charge is 0.387 e. The van der Waals surface area contributed by atoms with Crippen molar-refractivity contribution in [3.63, 3.8) is 0 Å². The summed E-state index contributed by atoms with van der Waals surface area (Å²) in [4.78, 5) is 33.3. The fourth-order valence-electron chi connectivity index (χ4n) is 4.59. The molecule has 1 amide bonds.